The fourth-order valence-electron chi connectivity index (χ4n) is 3.06. The number of carbonyl (C=O) groups excluding carboxylic acids is 1. The summed E-state index contributed by atoms with van der Waals surface area (Å²) in [5.41, 5.74) is 1.48. The number of aryl methyl sites for hydroxylation is 1. The maximum Gasteiger partial charge on any atom is 0.319 e. The van der Waals surface area contributed by atoms with Gasteiger partial charge in [0.05, 0.1) is 0 Å². The highest BCUT2D eigenvalue weighted by Gasteiger charge is 2.25. The summed E-state index contributed by atoms with van der Waals surface area (Å²) in [6.07, 6.45) is 4.06. The van der Waals surface area contributed by atoms with Crippen LogP contribution in [0.5, 0.6) is 0 Å². The van der Waals surface area contributed by atoms with Gasteiger partial charge in [0.25, 0.3) is 0 Å². The number of aromatic nitrogens is 2. The fourth-order valence-corrected chi connectivity index (χ4v) is 3.06. The van der Waals surface area contributed by atoms with Crippen molar-refractivity contribution < 1.29 is 14.3 Å². The third-order valence-corrected chi connectivity index (χ3v) is 4.38. The molecule has 0 aliphatic heterocycles. The van der Waals surface area contributed by atoms with Crippen LogP contribution in [0.25, 0.3) is 11.5 Å². The van der Waals surface area contributed by atoms with Crippen LogP contribution < -0.4 is 10.6 Å². The molecule has 1 saturated carbocycles. The van der Waals surface area contributed by atoms with E-state index in [0.29, 0.717) is 17.5 Å². The minimum atomic E-state index is -0.248. The predicted octanol–water partition coefficient (Wildman–Crippen LogP) is 2.72. The second-order valence-electron chi connectivity index (χ2n) is 6.14. The van der Waals surface area contributed by atoms with Crippen molar-refractivity contribution >= 4 is 11.7 Å². The van der Waals surface area contributed by atoms with E-state index in [2.05, 4.69) is 20.8 Å². The smallest absolute Gasteiger partial charge is 0.319 e. The molecule has 3 N–H and O–H groups in total. The van der Waals surface area contributed by atoms with Gasteiger partial charge in [0.1, 0.15) is 0 Å². The van der Waals surface area contributed by atoms with E-state index in [1.165, 1.54) is 0 Å². The van der Waals surface area contributed by atoms with Crippen LogP contribution >= 0.6 is 0 Å². The molecular weight excluding hydrogens is 308 g/mol. The number of carbonyl (C=O) groups is 1. The van der Waals surface area contributed by atoms with Crippen molar-refractivity contribution in [1.82, 2.24) is 15.5 Å². The van der Waals surface area contributed by atoms with Crippen LogP contribution in [0.4, 0.5) is 10.5 Å². The van der Waals surface area contributed by atoms with E-state index in [0.717, 1.165) is 31.2 Å². The van der Waals surface area contributed by atoms with E-state index in [1.54, 1.807) is 19.1 Å². The summed E-state index contributed by atoms with van der Waals surface area (Å²) in [5.74, 6) is 1.11. The van der Waals surface area contributed by atoms with Crippen molar-refractivity contribution in [1.29, 1.82) is 0 Å². The first kappa shape index (κ1) is 16.4. The van der Waals surface area contributed by atoms with Gasteiger partial charge >= 0.3 is 6.03 Å². The first-order valence-electron chi connectivity index (χ1n) is 8.24. The van der Waals surface area contributed by atoms with Gasteiger partial charge in [-0.1, -0.05) is 12.8 Å². The Hall–Kier alpha value is -2.41. The van der Waals surface area contributed by atoms with Gasteiger partial charge in [-0.15, -0.1) is 10.2 Å². The topological polar surface area (TPSA) is 100 Å². The maximum absolute atomic E-state index is 12.2. The van der Waals surface area contributed by atoms with Crippen molar-refractivity contribution in [2.24, 2.45) is 5.92 Å². The Balaban J connectivity index is 1.58. The van der Waals surface area contributed by atoms with Crippen LogP contribution in [-0.4, -0.2) is 34.0 Å². The molecule has 1 aromatic carbocycles. The number of aliphatic hydroxyl groups excluding tert-OH is 1. The molecule has 128 valence electrons. The lowest BCUT2D eigenvalue weighted by Crippen LogP contribution is -2.45. The molecular formula is C17H22N4O3. The number of hydrogen-bond acceptors (Lipinski definition) is 5. The van der Waals surface area contributed by atoms with Crippen molar-refractivity contribution in [3.8, 4) is 11.5 Å². The van der Waals surface area contributed by atoms with Gasteiger partial charge in [-0.25, -0.2) is 4.79 Å². The van der Waals surface area contributed by atoms with Gasteiger partial charge in [-0.3, -0.25) is 0 Å². The fraction of sp³-hybridized carbons (Fsp3) is 0.471. The van der Waals surface area contributed by atoms with E-state index >= 15 is 0 Å². The first-order valence-corrected chi connectivity index (χ1v) is 8.24. The zero-order chi connectivity index (χ0) is 16.9. The molecule has 7 heteroatoms. The van der Waals surface area contributed by atoms with Crippen LogP contribution in [0.15, 0.2) is 28.7 Å². The molecule has 0 saturated heterocycles. The van der Waals surface area contributed by atoms with Gasteiger partial charge in [-0.05, 0) is 37.1 Å². The van der Waals surface area contributed by atoms with Gasteiger partial charge < -0.3 is 20.2 Å². The third-order valence-electron chi connectivity index (χ3n) is 4.38. The summed E-state index contributed by atoms with van der Waals surface area (Å²) >= 11 is 0. The Bertz CT molecular complexity index is 683. The predicted molar refractivity (Wildman–Crippen MR) is 89.5 cm³/mol. The van der Waals surface area contributed by atoms with Crippen LogP contribution in [0.1, 0.15) is 31.6 Å². The second kappa shape index (κ2) is 7.44. The van der Waals surface area contributed by atoms with Crippen LogP contribution in [0.3, 0.4) is 0 Å². The minimum Gasteiger partial charge on any atom is -0.421 e. The van der Waals surface area contributed by atoms with E-state index in [4.69, 9.17) is 4.42 Å². The Morgan fingerprint density at radius 3 is 2.67 bits per heavy atom. The van der Waals surface area contributed by atoms with Crippen molar-refractivity contribution in [3.05, 3.63) is 30.2 Å². The molecule has 1 aromatic heterocycles. The monoisotopic (exact) mass is 330 g/mol. The number of nitrogens with zero attached hydrogens (tertiary/aromatic N) is 2. The lowest BCUT2D eigenvalue weighted by Gasteiger charge is -2.30. The molecule has 3 rings (SSSR count). The van der Waals surface area contributed by atoms with E-state index in [1.807, 2.05) is 12.1 Å². The molecule has 0 radical (unpaired) electrons. The van der Waals surface area contributed by atoms with Crippen molar-refractivity contribution in [2.75, 3.05) is 11.9 Å². The zero-order valence-electron chi connectivity index (χ0n) is 13.7. The van der Waals surface area contributed by atoms with Crippen LogP contribution in [0.2, 0.25) is 0 Å². The van der Waals surface area contributed by atoms with Crippen molar-refractivity contribution in [3.63, 3.8) is 0 Å². The number of aliphatic hydroxyl groups is 1. The number of hydrogen-bond donors (Lipinski definition) is 3. The molecule has 0 bridgehead atoms. The van der Waals surface area contributed by atoms with Crippen LogP contribution in [-0.2, 0) is 0 Å². The summed E-state index contributed by atoms with van der Waals surface area (Å²) in [5, 5.41) is 23.0. The SMILES string of the molecule is Cc1nnc(-c2ccc(NC(=O)N[C@@H]3CCCC[C@H]3CO)cc2)o1. The molecule has 2 aromatic rings. The molecule has 1 fully saturated rings. The van der Waals surface area contributed by atoms with E-state index in [9.17, 15) is 9.90 Å². The molecule has 0 spiro atoms. The van der Waals surface area contributed by atoms with E-state index < -0.39 is 0 Å². The summed E-state index contributed by atoms with van der Waals surface area (Å²) in [6, 6.07) is 7.00. The zero-order valence-corrected chi connectivity index (χ0v) is 13.7. The molecule has 7 nitrogen and oxygen atoms in total. The normalized spacial score (nSPS) is 20.6. The minimum absolute atomic E-state index is 0.0318. The first-order chi connectivity index (χ1) is 11.7. The van der Waals surface area contributed by atoms with Gasteiger partial charge in [0.15, 0.2) is 0 Å². The summed E-state index contributed by atoms with van der Waals surface area (Å²) in [7, 11) is 0. The molecule has 24 heavy (non-hydrogen) atoms. The Morgan fingerprint density at radius 1 is 1.25 bits per heavy atom. The number of rotatable bonds is 4. The summed E-state index contributed by atoms with van der Waals surface area (Å²) in [6.45, 7) is 1.85. The number of amides is 2. The largest absolute Gasteiger partial charge is 0.421 e. The highest BCUT2D eigenvalue weighted by atomic mass is 16.4. The number of nitrogens with one attached hydrogen (secondary N) is 2. The summed E-state index contributed by atoms with van der Waals surface area (Å²) in [4.78, 5) is 12.2. The standard InChI is InChI=1S/C17H22N4O3/c1-11-20-21-16(24-11)12-6-8-14(9-7-12)18-17(23)19-15-5-3-2-4-13(15)10-22/h6-9,13,15,22H,2-5,10H2,1H3,(H2,18,19,23)/t13-,15+/m0/s1. The lowest BCUT2D eigenvalue weighted by molar-refractivity contribution is 0.156. The molecule has 2 amide bonds. The summed E-state index contributed by atoms with van der Waals surface area (Å²) < 4.78 is 5.37. The number of anilines is 1. The maximum atomic E-state index is 12.2. The molecule has 1 aliphatic rings. The number of urea groups is 1. The lowest BCUT2D eigenvalue weighted by atomic mass is 9.85. The van der Waals surface area contributed by atoms with Gasteiger partial charge in [0.2, 0.25) is 11.8 Å². The quantitative estimate of drug-likeness (QED) is 0.800. The molecule has 1 heterocycles. The second-order valence-corrected chi connectivity index (χ2v) is 6.14. The Labute approximate surface area is 140 Å². The average molecular weight is 330 g/mol. The molecule has 1 aliphatic carbocycles. The van der Waals surface area contributed by atoms with E-state index in [-0.39, 0.29) is 24.6 Å². The molecule has 2 atom stereocenters. The Kier molecular flexibility index (Phi) is 5.10. The number of benzene rings is 1. The Morgan fingerprint density at radius 2 is 2.00 bits per heavy atom. The van der Waals surface area contributed by atoms with Crippen LogP contribution in [0, 0.1) is 12.8 Å². The van der Waals surface area contributed by atoms with Gasteiger partial charge in [0, 0.05) is 36.7 Å². The highest BCUT2D eigenvalue weighted by Crippen LogP contribution is 2.24. The van der Waals surface area contributed by atoms with Gasteiger partial charge in [-0.2, -0.15) is 0 Å². The third kappa shape index (κ3) is 3.91. The van der Waals surface area contributed by atoms with Crippen molar-refractivity contribution in [2.45, 2.75) is 38.6 Å². The average Bonchev–Trinajstić information content (AvgIpc) is 3.02. The highest BCUT2D eigenvalue weighted by molar-refractivity contribution is 5.89. The molecule has 0 unspecified atom stereocenters.